The Morgan fingerprint density at radius 2 is 1.50 bits per heavy atom. The zero-order valence-corrected chi connectivity index (χ0v) is 16.2. The molecule has 2 aliphatic rings. The van der Waals surface area contributed by atoms with Crippen molar-refractivity contribution in [3.63, 3.8) is 0 Å². The minimum absolute atomic E-state index is 0.0162. The second kappa shape index (κ2) is 9.52. The molecule has 0 aromatic rings. The van der Waals surface area contributed by atoms with Crippen LogP contribution in [0.3, 0.4) is 0 Å². The van der Waals surface area contributed by atoms with Gasteiger partial charge in [-0.2, -0.15) is 0 Å². The zero-order chi connectivity index (χ0) is 20.8. The minimum Gasteiger partial charge on any atom is -0.489 e. The van der Waals surface area contributed by atoms with E-state index in [2.05, 4.69) is 0 Å². The van der Waals surface area contributed by atoms with Crippen LogP contribution in [0.2, 0.25) is 0 Å². The maximum atomic E-state index is 12.8. The molecule has 0 radical (unpaired) electrons. The average molecular weight is 394 g/mol. The molecule has 154 valence electrons. The second-order valence-corrected chi connectivity index (χ2v) is 7.07. The molecule has 2 aliphatic carbocycles. The summed E-state index contributed by atoms with van der Waals surface area (Å²) in [4.78, 5) is 47.7. The standard InChI is InChI=1S/C20H26O8/c1-27-18-16(23)13-10-12(20(25)26)11(15(13)17(24)19(18)28-2)8-6-4-3-5-7-9-14(21)22/h11-12H,3-10H2,1-2H3,(H,21,22)(H,25,26). The van der Waals surface area contributed by atoms with E-state index in [1.54, 1.807) is 0 Å². The summed E-state index contributed by atoms with van der Waals surface area (Å²) in [5.74, 6) is -4.48. The number of carbonyl (C=O) groups excluding carboxylic acids is 2. The lowest BCUT2D eigenvalue weighted by molar-refractivity contribution is -0.143. The van der Waals surface area contributed by atoms with Crippen LogP contribution in [0.25, 0.3) is 0 Å². The summed E-state index contributed by atoms with van der Waals surface area (Å²) in [6, 6.07) is 0. The number of ether oxygens (including phenoxy) is 2. The van der Waals surface area contributed by atoms with Gasteiger partial charge in [-0.1, -0.05) is 25.7 Å². The first-order valence-electron chi connectivity index (χ1n) is 9.42. The molecule has 28 heavy (non-hydrogen) atoms. The number of allylic oxidation sites excluding steroid dienone is 2. The van der Waals surface area contributed by atoms with Gasteiger partial charge in [0, 0.05) is 23.5 Å². The number of carboxylic acids is 2. The van der Waals surface area contributed by atoms with Gasteiger partial charge in [0.2, 0.25) is 23.1 Å². The van der Waals surface area contributed by atoms with E-state index in [0.29, 0.717) is 19.3 Å². The van der Waals surface area contributed by atoms with Crippen LogP contribution in [0.1, 0.15) is 51.4 Å². The van der Waals surface area contributed by atoms with Gasteiger partial charge < -0.3 is 19.7 Å². The first-order valence-corrected chi connectivity index (χ1v) is 9.42. The first-order chi connectivity index (χ1) is 13.3. The highest BCUT2D eigenvalue weighted by Crippen LogP contribution is 2.45. The molecule has 0 saturated carbocycles. The SMILES string of the molecule is COC1=C(OC)C(=O)C2=C(CC(C(=O)O)C2CCCCCCCC(=O)O)C1=O. The quantitative estimate of drug-likeness (QED) is 0.404. The molecule has 0 fully saturated rings. The van der Waals surface area contributed by atoms with E-state index in [-0.39, 0.29) is 35.5 Å². The van der Waals surface area contributed by atoms with Gasteiger partial charge in [-0.25, -0.2) is 0 Å². The topological polar surface area (TPSA) is 127 Å². The second-order valence-electron chi connectivity index (χ2n) is 7.07. The third kappa shape index (κ3) is 4.43. The van der Waals surface area contributed by atoms with Crippen LogP contribution in [0.4, 0.5) is 0 Å². The summed E-state index contributed by atoms with van der Waals surface area (Å²) in [5, 5.41) is 18.2. The van der Waals surface area contributed by atoms with E-state index in [1.165, 1.54) is 14.2 Å². The highest BCUT2D eigenvalue weighted by molar-refractivity contribution is 6.24. The summed E-state index contributed by atoms with van der Waals surface area (Å²) in [6.07, 6.45) is 4.39. The zero-order valence-electron chi connectivity index (χ0n) is 16.2. The predicted octanol–water partition coefficient (Wildman–Crippen LogP) is 2.48. The normalized spacial score (nSPS) is 21.8. The van der Waals surface area contributed by atoms with Crippen molar-refractivity contribution in [3.8, 4) is 0 Å². The van der Waals surface area contributed by atoms with E-state index in [1.807, 2.05) is 0 Å². The van der Waals surface area contributed by atoms with Crippen molar-refractivity contribution in [1.29, 1.82) is 0 Å². The summed E-state index contributed by atoms with van der Waals surface area (Å²) >= 11 is 0. The van der Waals surface area contributed by atoms with Gasteiger partial charge in [0.15, 0.2) is 0 Å². The Hall–Kier alpha value is -2.64. The van der Waals surface area contributed by atoms with E-state index in [9.17, 15) is 24.3 Å². The van der Waals surface area contributed by atoms with Crippen molar-refractivity contribution in [2.24, 2.45) is 11.8 Å². The Balaban J connectivity index is 2.07. The molecule has 0 aromatic heterocycles. The smallest absolute Gasteiger partial charge is 0.307 e. The van der Waals surface area contributed by atoms with E-state index < -0.39 is 35.3 Å². The molecule has 8 nitrogen and oxygen atoms in total. The minimum atomic E-state index is -1.03. The lowest BCUT2D eigenvalue weighted by Gasteiger charge is -2.22. The number of hydrogen-bond donors (Lipinski definition) is 2. The Morgan fingerprint density at radius 3 is 2.07 bits per heavy atom. The summed E-state index contributed by atoms with van der Waals surface area (Å²) in [6.45, 7) is 0. The number of aliphatic carboxylic acids is 2. The molecule has 8 heteroatoms. The van der Waals surface area contributed by atoms with Crippen LogP contribution < -0.4 is 0 Å². The number of hydrogen-bond acceptors (Lipinski definition) is 6. The van der Waals surface area contributed by atoms with Crippen molar-refractivity contribution >= 4 is 23.5 Å². The number of methoxy groups -OCH3 is 2. The van der Waals surface area contributed by atoms with Gasteiger partial charge >= 0.3 is 11.9 Å². The largest absolute Gasteiger partial charge is 0.489 e. The highest BCUT2D eigenvalue weighted by Gasteiger charge is 2.49. The van der Waals surface area contributed by atoms with Gasteiger partial charge in [0.1, 0.15) is 0 Å². The molecule has 2 rings (SSSR count). The fourth-order valence-corrected chi connectivity index (χ4v) is 4.03. The molecule has 0 heterocycles. The number of Topliss-reactive ketones (excluding diaryl/α,β-unsaturated/α-hetero) is 2. The van der Waals surface area contributed by atoms with E-state index >= 15 is 0 Å². The van der Waals surface area contributed by atoms with E-state index in [4.69, 9.17) is 14.6 Å². The fourth-order valence-electron chi connectivity index (χ4n) is 4.03. The molecular weight excluding hydrogens is 368 g/mol. The molecule has 0 spiro atoms. The summed E-state index contributed by atoms with van der Waals surface area (Å²) in [7, 11) is 2.55. The van der Waals surface area contributed by atoms with E-state index in [0.717, 1.165) is 19.3 Å². The third-order valence-corrected chi connectivity index (χ3v) is 5.37. The number of carbonyl (C=O) groups is 4. The average Bonchev–Trinajstić information content (AvgIpc) is 3.03. The van der Waals surface area contributed by atoms with Crippen LogP contribution in [0, 0.1) is 11.8 Å². The molecule has 2 unspecified atom stereocenters. The van der Waals surface area contributed by atoms with Crippen molar-refractivity contribution in [3.05, 3.63) is 22.7 Å². The molecule has 0 aliphatic heterocycles. The van der Waals surface area contributed by atoms with Crippen molar-refractivity contribution in [2.75, 3.05) is 14.2 Å². The molecule has 0 saturated heterocycles. The molecule has 2 N–H and O–H groups in total. The monoisotopic (exact) mass is 394 g/mol. The van der Waals surface area contributed by atoms with Gasteiger partial charge in [0.05, 0.1) is 20.1 Å². The Bertz CT molecular complexity index is 730. The molecule has 2 atom stereocenters. The van der Waals surface area contributed by atoms with Crippen LogP contribution in [0.5, 0.6) is 0 Å². The molecule has 0 aromatic carbocycles. The van der Waals surface area contributed by atoms with Crippen molar-refractivity contribution < 1.29 is 38.9 Å². The molecule has 0 amide bonds. The van der Waals surface area contributed by atoms with Gasteiger partial charge in [-0.3, -0.25) is 19.2 Å². The van der Waals surface area contributed by atoms with Crippen LogP contribution in [0.15, 0.2) is 22.7 Å². The Kier molecular flexibility index (Phi) is 7.37. The number of ketones is 2. The lowest BCUT2D eigenvalue weighted by atomic mass is 9.83. The van der Waals surface area contributed by atoms with Gasteiger partial charge in [-0.05, 0) is 19.3 Å². The Morgan fingerprint density at radius 1 is 0.929 bits per heavy atom. The maximum Gasteiger partial charge on any atom is 0.307 e. The Labute approximate surface area is 163 Å². The van der Waals surface area contributed by atoms with Gasteiger partial charge in [-0.15, -0.1) is 0 Å². The maximum absolute atomic E-state index is 12.8. The van der Waals surface area contributed by atoms with Crippen molar-refractivity contribution in [2.45, 2.75) is 51.4 Å². The molecule has 0 bridgehead atoms. The van der Waals surface area contributed by atoms with Crippen LogP contribution in [-0.4, -0.2) is 47.9 Å². The number of carboxylic acid groups (broad SMARTS) is 2. The van der Waals surface area contributed by atoms with Crippen LogP contribution >= 0.6 is 0 Å². The molecular formula is C20H26O8. The van der Waals surface area contributed by atoms with Gasteiger partial charge in [0.25, 0.3) is 0 Å². The van der Waals surface area contributed by atoms with Crippen molar-refractivity contribution in [1.82, 2.24) is 0 Å². The lowest BCUT2D eigenvalue weighted by Crippen LogP contribution is -2.27. The number of rotatable bonds is 11. The first kappa shape index (κ1) is 21.7. The third-order valence-electron chi connectivity index (χ3n) is 5.37. The summed E-state index contributed by atoms with van der Waals surface area (Å²) < 4.78 is 10.1. The summed E-state index contributed by atoms with van der Waals surface area (Å²) in [5.41, 5.74) is 0.474. The highest BCUT2D eigenvalue weighted by atomic mass is 16.5. The van der Waals surface area contributed by atoms with Crippen LogP contribution in [-0.2, 0) is 28.7 Å². The fraction of sp³-hybridized carbons (Fsp3) is 0.600. The predicted molar refractivity (Wildman–Crippen MR) is 97.3 cm³/mol. The number of unbranched alkanes of at least 4 members (excludes halogenated alkanes) is 4.